The molecule has 1 aromatic heterocycles. The first-order valence-corrected chi connectivity index (χ1v) is 7.91. The van der Waals surface area contributed by atoms with Crippen LogP contribution < -0.4 is 5.32 Å². The molecule has 23 heavy (non-hydrogen) atoms. The van der Waals surface area contributed by atoms with Gasteiger partial charge in [-0.2, -0.15) is 0 Å². The molecule has 0 radical (unpaired) electrons. The van der Waals surface area contributed by atoms with E-state index < -0.39 is 6.04 Å². The van der Waals surface area contributed by atoms with Crippen LogP contribution in [0.5, 0.6) is 0 Å². The van der Waals surface area contributed by atoms with Crippen molar-refractivity contribution in [2.24, 2.45) is 0 Å². The van der Waals surface area contributed by atoms with E-state index in [-0.39, 0.29) is 36.5 Å². The molecule has 0 aromatic carbocycles. The van der Waals surface area contributed by atoms with Gasteiger partial charge in [0.15, 0.2) is 5.76 Å². The van der Waals surface area contributed by atoms with E-state index in [0.29, 0.717) is 19.6 Å². The van der Waals surface area contributed by atoms with Crippen molar-refractivity contribution < 1.29 is 23.5 Å². The third-order valence-corrected chi connectivity index (χ3v) is 3.73. The molecular formula is C16H22N2O5. The maximum atomic E-state index is 12.4. The first-order chi connectivity index (χ1) is 11.1. The standard InChI is InChI=1S/C16H22N2O5/c1-2-22-14(19)8-9-17-15(20)12-6-3-4-10-18(12)16(21)13-7-5-11-23-13/h5,7,11-12H,2-4,6,8-10H2,1H3,(H,17,20)/t12-/m1/s1. The minimum absolute atomic E-state index is 0.123. The van der Waals surface area contributed by atoms with Crippen molar-refractivity contribution in [3.63, 3.8) is 0 Å². The largest absolute Gasteiger partial charge is 0.466 e. The van der Waals surface area contributed by atoms with Gasteiger partial charge in [0.25, 0.3) is 5.91 Å². The number of rotatable bonds is 6. The van der Waals surface area contributed by atoms with Crippen molar-refractivity contribution in [2.75, 3.05) is 19.7 Å². The summed E-state index contributed by atoms with van der Waals surface area (Å²) in [5.74, 6) is -0.634. The Morgan fingerprint density at radius 3 is 2.91 bits per heavy atom. The lowest BCUT2D eigenvalue weighted by Crippen LogP contribution is -2.52. The van der Waals surface area contributed by atoms with Crippen LogP contribution in [0.3, 0.4) is 0 Å². The summed E-state index contributed by atoms with van der Waals surface area (Å²) >= 11 is 0. The Kier molecular flexibility index (Phi) is 6.19. The van der Waals surface area contributed by atoms with Crippen molar-refractivity contribution in [1.29, 1.82) is 0 Å². The zero-order chi connectivity index (χ0) is 16.7. The van der Waals surface area contributed by atoms with E-state index in [0.717, 1.165) is 12.8 Å². The number of piperidine rings is 1. The molecule has 0 aliphatic carbocycles. The van der Waals surface area contributed by atoms with Gasteiger partial charge in [0.05, 0.1) is 19.3 Å². The Hall–Kier alpha value is -2.31. The van der Waals surface area contributed by atoms with Crippen molar-refractivity contribution in [3.05, 3.63) is 24.2 Å². The van der Waals surface area contributed by atoms with E-state index in [1.807, 2.05) is 0 Å². The zero-order valence-electron chi connectivity index (χ0n) is 13.2. The number of ether oxygens (including phenoxy) is 1. The van der Waals surface area contributed by atoms with Crippen LogP contribution in [0.25, 0.3) is 0 Å². The topological polar surface area (TPSA) is 88.9 Å². The Balaban J connectivity index is 1.91. The summed E-state index contributed by atoms with van der Waals surface area (Å²) < 4.78 is 9.94. The zero-order valence-corrected chi connectivity index (χ0v) is 13.2. The van der Waals surface area contributed by atoms with E-state index in [2.05, 4.69) is 5.32 Å². The van der Waals surface area contributed by atoms with Crippen LogP contribution >= 0.6 is 0 Å². The lowest BCUT2D eigenvalue weighted by molar-refractivity contribution is -0.143. The average Bonchev–Trinajstić information content (AvgIpc) is 3.09. The van der Waals surface area contributed by atoms with Gasteiger partial charge in [-0.15, -0.1) is 0 Å². The molecule has 0 bridgehead atoms. The molecule has 126 valence electrons. The third kappa shape index (κ3) is 4.58. The maximum absolute atomic E-state index is 12.4. The van der Waals surface area contributed by atoms with E-state index in [9.17, 15) is 14.4 Å². The smallest absolute Gasteiger partial charge is 0.307 e. The fraction of sp³-hybridized carbons (Fsp3) is 0.562. The van der Waals surface area contributed by atoms with E-state index in [4.69, 9.17) is 9.15 Å². The molecule has 2 amide bonds. The van der Waals surface area contributed by atoms with Crippen molar-refractivity contribution >= 4 is 17.8 Å². The van der Waals surface area contributed by atoms with Gasteiger partial charge in [0, 0.05) is 13.1 Å². The third-order valence-electron chi connectivity index (χ3n) is 3.73. The van der Waals surface area contributed by atoms with Crippen LogP contribution in [-0.2, 0) is 14.3 Å². The minimum Gasteiger partial charge on any atom is -0.466 e. The average molecular weight is 322 g/mol. The minimum atomic E-state index is -0.524. The first kappa shape index (κ1) is 17.1. The highest BCUT2D eigenvalue weighted by Crippen LogP contribution is 2.20. The second kappa shape index (κ2) is 8.36. The molecular weight excluding hydrogens is 300 g/mol. The van der Waals surface area contributed by atoms with Gasteiger partial charge in [0.1, 0.15) is 6.04 Å². The number of hydrogen-bond donors (Lipinski definition) is 1. The lowest BCUT2D eigenvalue weighted by Gasteiger charge is -2.34. The van der Waals surface area contributed by atoms with E-state index >= 15 is 0 Å². The molecule has 1 aliphatic heterocycles. The number of nitrogens with one attached hydrogen (secondary N) is 1. The predicted molar refractivity (Wildman–Crippen MR) is 81.6 cm³/mol. The molecule has 2 heterocycles. The van der Waals surface area contributed by atoms with Gasteiger partial charge in [0.2, 0.25) is 5.91 Å². The van der Waals surface area contributed by atoms with E-state index in [1.54, 1.807) is 24.0 Å². The number of hydrogen-bond acceptors (Lipinski definition) is 5. The van der Waals surface area contributed by atoms with E-state index in [1.165, 1.54) is 6.26 Å². The van der Waals surface area contributed by atoms with Crippen molar-refractivity contribution in [3.8, 4) is 0 Å². The molecule has 1 N–H and O–H groups in total. The molecule has 0 unspecified atom stereocenters. The van der Waals surface area contributed by atoms with Gasteiger partial charge >= 0.3 is 5.97 Å². The number of carbonyl (C=O) groups excluding carboxylic acids is 3. The summed E-state index contributed by atoms with van der Waals surface area (Å²) in [6.45, 7) is 2.78. The van der Waals surface area contributed by atoms with Gasteiger partial charge in [-0.3, -0.25) is 14.4 Å². The van der Waals surface area contributed by atoms with Gasteiger partial charge in [-0.1, -0.05) is 0 Å². The monoisotopic (exact) mass is 322 g/mol. The fourth-order valence-electron chi connectivity index (χ4n) is 2.63. The summed E-state index contributed by atoms with van der Waals surface area (Å²) in [6, 6.07) is 2.71. The summed E-state index contributed by atoms with van der Waals surface area (Å²) in [4.78, 5) is 37.6. The second-order valence-electron chi connectivity index (χ2n) is 5.33. The second-order valence-corrected chi connectivity index (χ2v) is 5.33. The van der Waals surface area contributed by atoms with Gasteiger partial charge in [-0.05, 0) is 38.3 Å². The highest BCUT2D eigenvalue weighted by atomic mass is 16.5. The quantitative estimate of drug-likeness (QED) is 0.799. The molecule has 1 atom stereocenters. The van der Waals surface area contributed by atoms with Crippen LogP contribution in [0.2, 0.25) is 0 Å². The summed E-state index contributed by atoms with van der Waals surface area (Å²) in [6.07, 6.45) is 3.92. The van der Waals surface area contributed by atoms with Gasteiger partial charge < -0.3 is 19.4 Å². The molecule has 1 saturated heterocycles. The highest BCUT2D eigenvalue weighted by molar-refractivity contribution is 5.95. The number of amides is 2. The SMILES string of the molecule is CCOC(=O)CCNC(=O)[C@H]1CCCCN1C(=O)c1ccco1. The number of esters is 1. The Morgan fingerprint density at radius 2 is 2.22 bits per heavy atom. The summed E-state index contributed by atoms with van der Waals surface area (Å²) in [5.41, 5.74) is 0. The number of furan rings is 1. The fourth-order valence-corrected chi connectivity index (χ4v) is 2.63. The molecule has 1 aliphatic rings. The molecule has 1 fully saturated rings. The van der Waals surface area contributed by atoms with Crippen molar-refractivity contribution in [1.82, 2.24) is 10.2 Å². The van der Waals surface area contributed by atoms with Crippen LogP contribution in [0, 0.1) is 0 Å². The normalized spacial score (nSPS) is 17.6. The maximum Gasteiger partial charge on any atom is 0.307 e. The molecule has 7 nitrogen and oxygen atoms in total. The number of nitrogens with zero attached hydrogens (tertiary/aromatic N) is 1. The summed E-state index contributed by atoms with van der Waals surface area (Å²) in [7, 11) is 0. The molecule has 2 rings (SSSR count). The van der Waals surface area contributed by atoms with Crippen LogP contribution in [0.15, 0.2) is 22.8 Å². The highest BCUT2D eigenvalue weighted by Gasteiger charge is 2.33. The summed E-state index contributed by atoms with van der Waals surface area (Å²) in [5, 5.41) is 2.71. The van der Waals surface area contributed by atoms with Crippen LogP contribution in [-0.4, -0.2) is 48.4 Å². The van der Waals surface area contributed by atoms with Crippen LogP contribution in [0.4, 0.5) is 0 Å². The van der Waals surface area contributed by atoms with Crippen LogP contribution in [0.1, 0.15) is 43.2 Å². The molecule has 0 spiro atoms. The number of carbonyl (C=O) groups is 3. The molecule has 1 aromatic rings. The van der Waals surface area contributed by atoms with Gasteiger partial charge in [-0.25, -0.2) is 0 Å². The Morgan fingerprint density at radius 1 is 1.39 bits per heavy atom. The molecule has 0 saturated carbocycles. The number of likely N-dealkylation sites (tertiary alicyclic amines) is 1. The van der Waals surface area contributed by atoms with Crippen molar-refractivity contribution in [2.45, 2.75) is 38.6 Å². The molecule has 7 heteroatoms. The first-order valence-electron chi connectivity index (χ1n) is 7.91. The lowest BCUT2D eigenvalue weighted by atomic mass is 10.0. The Labute approximate surface area is 135 Å². The Bertz CT molecular complexity index is 541. The predicted octanol–water partition coefficient (Wildman–Crippen LogP) is 1.34.